The van der Waals surface area contributed by atoms with E-state index in [1.54, 1.807) is 6.07 Å². The molecule has 5 rings (SSSR count). The molecule has 0 radical (unpaired) electrons. The summed E-state index contributed by atoms with van der Waals surface area (Å²) >= 11 is 0. The quantitative estimate of drug-likeness (QED) is 0.679. The summed E-state index contributed by atoms with van der Waals surface area (Å²) in [6.07, 6.45) is 4.92. The summed E-state index contributed by atoms with van der Waals surface area (Å²) in [5, 5.41) is 9.81. The lowest BCUT2D eigenvalue weighted by atomic mass is 10.0. The number of H-pyrrole nitrogens is 1. The fourth-order valence-electron chi connectivity index (χ4n) is 4.74. The largest absolute Gasteiger partial charge is 0.371 e. The Labute approximate surface area is 180 Å². The molecule has 2 aliphatic heterocycles. The van der Waals surface area contributed by atoms with Crippen LogP contribution in [-0.4, -0.2) is 29.0 Å². The molecule has 0 amide bonds. The molecular weight excluding hydrogens is 391 g/mol. The Morgan fingerprint density at radius 2 is 2.03 bits per heavy atom. The van der Waals surface area contributed by atoms with E-state index in [4.69, 9.17) is 5.26 Å². The number of pyridine rings is 1. The van der Waals surface area contributed by atoms with Gasteiger partial charge in [-0.15, -0.1) is 0 Å². The summed E-state index contributed by atoms with van der Waals surface area (Å²) in [5.41, 5.74) is 4.52. The van der Waals surface area contributed by atoms with E-state index in [1.807, 2.05) is 37.3 Å². The third kappa shape index (κ3) is 3.46. The third-order valence-electron chi connectivity index (χ3n) is 6.37. The Hall–Kier alpha value is -3.59. The minimum absolute atomic E-state index is 0.147. The van der Waals surface area contributed by atoms with E-state index in [1.165, 1.54) is 11.8 Å². The molecule has 2 aromatic carbocycles. The highest BCUT2D eigenvalue weighted by Crippen LogP contribution is 2.36. The molecule has 5 nitrogen and oxygen atoms in total. The highest BCUT2D eigenvalue weighted by molar-refractivity contribution is 5.85. The third-order valence-corrected chi connectivity index (χ3v) is 6.37. The highest BCUT2D eigenvalue weighted by Gasteiger charge is 2.36. The van der Waals surface area contributed by atoms with Gasteiger partial charge in [-0.1, -0.05) is 6.07 Å². The number of nitriles is 1. The van der Waals surface area contributed by atoms with Crippen molar-refractivity contribution in [2.75, 3.05) is 18.0 Å². The molecule has 1 aromatic heterocycles. The first-order valence-electron chi connectivity index (χ1n) is 10.6. The predicted octanol–water partition coefficient (Wildman–Crippen LogP) is 4.22. The van der Waals surface area contributed by atoms with Crippen LogP contribution in [0.3, 0.4) is 0 Å². The van der Waals surface area contributed by atoms with Crippen molar-refractivity contribution in [1.29, 1.82) is 5.26 Å². The molecule has 1 saturated heterocycles. The fourth-order valence-corrected chi connectivity index (χ4v) is 4.74. The molecule has 0 aliphatic carbocycles. The molecule has 1 fully saturated rings. The van der Waals surface area contributed by atoms with Crippen LogP contribution in [0, 0.1) is 24.1 Å². The molecule has 0 saturated carbocycles. The maximum atomic E-state index is 14.0. The highest BCUT2D eigenvalue weighted by atomic mass is 19.1. The van der Waals surface area contributed by atoms with Crippen molar-refractivity contribution in [2.24, 2.45) is 0 Å². The molecule has 3 aromatic rings. The molecule has 31 heavy (non-hydrogen) atoms. The van der Waals surface area contributed by atoms with Crippen molar-refractivity contribution >= 4 is 16.5 Å². The molecule has 6 heteroatoms. The van der Waals surface area contributed by atoms with Crippen LogP contribution in [-0.2, 0) is 6.42 Å². The van der Waals surface area contributed by atoms with Gasteiger partial charge in [-0.2, -0.15) is 5.26 Å². The first-order valence-corrected chi connectivity index (χ1v) is 10.6. The number of aryl methyl sites for hydroxylation is 2. The molecule has 0 spiro atoms. The van der Waals surface area contributed by atoms with E-state index in [0.717, 1.165) is 49.3 Å². The van der Waals surface area contributed by atoms with Crippen LogP contribution in [0.4, 0.5) is 10.1 Å². The normalized spacial score (nSPS) is 17.3. The summed E-state index contributed by atoms with van der Waals surface area (Å²) in [7, 11) is 0. The standard InChI is InChI=1S/C25H23FN4O/c1-16-4-9-23(26)24-22(16)11-18(28-25(24)31)3-2-10-29-14-21-12-20(29)15-30(21)19-7-5-17(13-27)6-8-19/h4-9,11,14,20H,2-3,10,12,15H2,1H3,(H,28,31). The summed E-state index contributed by atoms with van der Waals surface area (Å²) in [6.45, 7) is 3.76. The molecule has 1 unspecified atom stereocenters. The van der Waals surface area contributed by atoms with E-state index in [0.29, 0.717) is 17.0 Å². The van der Waals surface area contributed by atoms with Gasteiger partial charge in [0.25, 0.3) is 5.56 Å². The summed E-state index contributed by atoms with van der Waals surface area (Å²) in [4.78, 5) is 19.9. The molecule has 2 aliphatic rings. The first kappa shape index (κ1) is 19.4. The Morgan fingerprint density at radius 1 is 1.23 bits per heavy atom. The number of fused-ring (bicyclic) bond motifs is 3. The lowest BCUT2D eigenvalue weighted by Gasteiger charge is -2.31. The maximum Gasteiger partial charge on any atom is 0.259 e. The van der Waals surface area contributed by atoms with Crippen LogP contribution < -0.4 is 10.5 Å². The van der Waals surface area contributed by atoms with Crippen LogP contribution in [0.25, 0.3) is 10.8 Å². The molecular formula is C25H23FN4O. The number of aromatic amines is 1. The number of rotatable bonds is 5. The molecule has 156 valence electrons. The number of hydrogen-bond donors (Lipinski definition) is 1. The second-order valence-electron chi connectivity index (χ2n) is 8.37. The van der Waals surface area contributed by atoms with E-state index >= 15 is 0 Å². The van der Waals surface area contributed by atoms with Crippen molar-refractivity contribution < 1.29 is 4.39 Å². The number of aromatic nitrogens is 1. The minimum atomic E-state index is -0.472. The minimum Gasteiger partial charge on any atom is -0.371 e. The second kappa shape index (κ2) is 7.59. The number of anilines is 1. The van der Waals surface area contributed by atoms with Crippen molar-refractivity contribution in [3.63, 3.8) is 0 Å². The van der Waals surface area contributed by atoms with Gasteiger partial charge in [0.05, 0.1) is 23.1 Å². The number of hydrogen-bond acceptors (Lipinski definition) is 4. The van der Waals surface area contributed by atoms with E-state index in [9.17, 15) is 9.18 Å². The number of benzene rings is 2. The lowest BCUT2D eigenvalue weighted by molar-refractivity contribution is 0.304. The second-order valence-corrected chi connectivity index (χ2v) is 8.37. The van der Waals surface area contributed by atoms with Gasteiger partial charge in [0, 0.05) is 42.8 Å². The van der Waals surface area contributed by atoms with Gasteiger partial charge in [0.15, 0.2) is 0 Å². The van der Waals surface area contributed by atoms with Crippen LogP contribution in [0.2, 0.25) is 0 Å². The molecule has 1 N–H and O–H groups in total. The number of nitrogens with one attached hydrogen (secondary N) is 1. The van der Waals surface area contributed by atoms with Crippen LogP contribution in [0.15, 0.2) is 59.2 Å². The van der Waals surface area contributed by atoms with Crippen LogP contribution in [0.5, 0.6) is 0 Å². The average molecular weight is 414 g/mol. The zero-order chi connectivity index (χ0) is 21.5. The van der Waals surface area contributed by atoms with Gasteiger partial charge < -0.3 is 14.8 Å². The SMILES string of the molecule is Cc1ccc(F)c2c(=O)[nH]c(CCCN3C=C4CC3CN4c3ccc(C#N)cc3)cc12. The lowest BCUT2D eigenvalue weighted by Crippen LogP contribution is -2.36. The van der Waals surface area contributed by atoms with Crippen molar-refractivity contribution in [3.05, 3.63) is 87.4 Å². The van der Waals surface area contributed by atoms with Gasteiger partial charge in [0.2, 0.25) is 0 Å². The van der Waals surface area contributed by atoms with E-state index in [-0.39, 0.29) is 10.9 Å². The van der Waals surface area contributed by atoms with Gasteiger partial charge >= 0.3 is 0 Å². The first-order chi connectivity index (χ1) is 15.0. The van der Waals surface area contributed by atoms with Crippen molar-refractivity contribution in [2.45, 2.75) is 32.2 Å². The summed E-state index contributed by atoms with van der Waals surface area (Å²) < 4.78 is 14.0. The van der Waals surface area contributed by atoms with Gasteiger partial charge in [-0.05, 0) is 67.1 Å². The van der Waals surface area contributed by atoms with Crippen LogP contribution in [0.1, 0.15) is 29.7 Å². The monoisotopic (exact) mass is 414 g/mol. The van der Waals surface area contributed by atoms with Crippen molar-refractivity contribution in [3.8, 4) is 6.07 Å². The molecule has 2 bridgehead atoms. The zero-order valence-electron chi connectivity index (χ0n) is 17.4. The van der Waals surface area contributed by atoms with Gasteiger partial charge in [-0.3, -0.25) is 4.79 Å². The van der Waals surface area contributed by atoms with Gasteiger partial charge in [-0.25, -0.2) is 4.39 Å². The zero-order valence-corrected chi connectivity index (χ0v) is 17.4. The Morgan fingerprint density at radius 3 is 2.74 bits per heavy atom. The predicted molar refractivity (Wildman–Crippen MR) is 119 cm³/mol. The van der Waals surface area contributed by atoms with E-state index < -0.39 is 5.82 Å². The smallest absolute Gasteiger partial charge is 0.259 e. The Kier molecular flexibility index (Phi) is 4.74. The number of nitrogens with zero attached hydrogens (tertiary/aromatic N) is 3. The van der Waals surface area contributed by atoms with Crippen LogP contribution >= 0.6 is 0 Å². The summed E-state index contributed by atoms with van der Waals surface area (Å²) in [6, 6.07) is 15.3. The topological polar surface area (TPSA) is 63.1 Å². The van der Waals surface area contributed by atoms with E-state index in [2.05, 4.69) is 27.1 Å². The fraction of sp³-hybridized carbons (Fsp3) is 0.280. The van der Waals surface area contributed by atoms with Gasteiger partial charge in [0.1, 0.15) is 5.82 Å². The molecule has 3 heterocycles. The summed E-state index contributed by atoms with van der Waals surface area (Å²) in [5.74, 6) is -0.472. The average Bonchev–Trinajstić information content (AvgIpc) is 3.37. The Balaban J connectivity index is 1.25. The van der Waals surface area contributed by atoms with Crippen molar-refractivity contribution in [1.82, 2.24) is 9.88 Å². The molecule has 1 atom stereocenters. The Bertz CT molecular complexity index is 1290. The number of halogens is 1. The maximum absolute atomic E-state index is 14.0.